The van der Waals surface area contributed by atoms with Gasteiger partial charge < -0.3 is 37.9 Å². The van der Waals surface area contributed by atoms with Gasteiger partial charge in [-0.05, 0) is 177 Å². The molecule has 0 aliphatic carbocycles. The third-order valence-electron chi connectivity index (χ3n) is 18.5. The summed E-state index contributed by atoms with van der Waals surface area (Å²) in [6, 6.07) is 42.3. The Balaban J connectivity index is 1.22. The summed E-state index contributed by atoms with van der Waals surface area (Å²) in [5.41, 5.74) is 15.0. The molecule has 7 aromatic rings. The van der Waals surface area contributed by atoms with Crippen molar-refractivity contribution in [3.05, 3.63) is 150 Å². The van der Waals surface area contributed by atoms with Crippen molar-refractivity contribution < 1.29 is 32.7 Å². The minimum atomic E-state index is -0.337. The molecule has 4 aromatic carbocycles. The van der Waals surface area contributed by atoms with Gasteiger partial charge in [-0.1, -0.05) is 167 Å². The third-order valence-corrected chi connectivity index (χ3v) is 18.5. The van der Waals surface area contributed by atoms with Crippen molar-refractivity contribution in [2.24, 2.45) is 0 Å². The summed E-state index contributed by atoms with van der Waals surface area (Å²) in [7, 11) is 12.8. The molecule has 0 radical (unpaired) electrons. The number of hydrogen-bond acceptors (Lipinski definition) is 7. The zero-order valence-electron chi connectivity index (χ0n) is 59.8. The molecule has 0 spiro atoms. The average molecular weight is 1290 g/mol. The van der Waals surface area contributed by atoms with Crippen molar-refractivity contribution in [1.82, 2.24) is 19.9 Å². The fourth-order valence-corrected chi connectivity index (χ4v) is 13.4. The fourth-order valence-electron chi connectivity index (χ4n) is 13.4. The number of H-pyrrole nitrogens is 2. The van der Waals surface area contributed by atoms with Crippen LogP contribution in [0.4, 0.5) is 0 Å². The van der Waals surface area contributed by atoms with Crippen LogP contribution in [0.2, 0.25) is 0 Å². The number of fused-ring (bicyclic) bond motifs is 8. The molecule has 3 atom stereocenters. The quantitative estimate of drug-likeness (QED) is 0.0227. The molecule has 11 nitrogen and oxygen atoms in total. The van der Waals surface area contributed by atoms with Crippen LogP contribution in [-0.2, 0) is 4.74 Å². The van der Waals surface area contributed by atoms with Crippen molar-refractivity contribution in [3.63, 3.8) is 0 Å². The van der Waals surface area contributed by atoms with Gasteiger partial charge in [0.15, 0.2) is 6.10 Å². The maximum Gasteiger partial charge on any atom is 0.338 e. The van der Waals surface area contributed by atoms with E-state index in [1.165, 1.54) is 96.3 Å². The summed E-state index contributed by atoms with van der Waals surface area (Å²) < 4.78 is 27.8. The number of esters is 1. The molecule has 2 aliphatic heterocycles. The lowest BCUT2D eigenvalue weighted by molar-refractivity contribution is -0.895. The highest BCUT2D eigenvalue weighted by atomic mass is 16.5. The first-order valence-corrected chi connectivity index (χ1v) is 36.4. The highest BCUT2D eigenvalue weighted by Crippen LogP contribution is 2.40. The molecule has 2 aliphatic rings. The van der Waals surface area contributed by atoms with Crippen LogP contribution in [-0.4, -0.2) is 115 Å². The lowest BCUT2D eigenvalue weighted by atomic mass is 10.0. The molecule has 2 N–H and O–H groups in total. The fraction of sp³-hybridized carbons (Fsp3) is 0.464. The van der Waals surface area contributed by atoms with Gasteiger partial charge in [0.1, 0.15) is 30.3 Å². The Morgan fingerprint density at radius 1 is 0.358 bits per heavy atom. The Kier molecular flexibility index (Phi) is 26.2. The van der Waals surface area contributed by atoms with Gasteiger partial charge in [-0.15, -0.1) is 0 Å². The normalized spacial score (nSPS) is 13.3. The van der Waals surface area contributed by atoms with Crippen LogP contribution in [0.25, 0.3) is 90.9 Å². The number of benzene rings is 4. The van der Waals surface area contributed by atoms with E-state index >= 15 is 0 Å². The second-order valence-corrected chi connectivity index (χ2v) is 28.7. The number of rotatable bonds is 37. The number of carbonyl (C=O) groups excluding carboxylic acids is 1. The van der Waals surface area contributed by atoms with E-state index < -0.39 is 0 Å². The summed E-state index contributed by atoms with van der Waals surface area (Å²) in [5, 5.41) is 0. The van der Waals surface area contributed by atoms with Crippen molar-refractivity contribution in [3.8, 4) is 61.8 Å². The smallest absolute Gasteiger partial charge is 0.338 e. The van der Waals surface area contributed by atoms with E-state index in [9.17, 15) is 4.79 Å². The lowest BCUT2D eigenvalue weighted by Crippen LogP contribution is -2.50. The molecule has 5 heterocycles. The number of nitrogens with one attached hydrogen (secondary N) is 2. The van der Waals surface area contributed by atoms with Crippen molar-refractivity contribution in [2.45, 2.75) is 201 Å². The van der Waals surface area contributed by atoms with Gasteiger partial charge in [-0.25, -0.2) is 14.8 Å². The Bertz CT molecular complexity index is 3710. The average Bonchev–Trinajstić information content (AvgIpc) is 1.64. The molecule has 9 rings (SSSR count). The van der Waals surface area contributed by atoms with Gasteiger partial charge in [-0.3, -0.25) is 0 Å². The monoisotopic (exact) mass is 1280 g/mol. The molecule has 95 heavy (non-hydrogen) atoms. The van der Waals surface area contributed by atoms with E-state index in [4.69, 9.17) is 28.9 Å². The van der Waals surface area contributed by atoms with E-state index in [-0.39, 0.29) is 30.4 Å². The minimum Gasteiger partial charge on any atom is -0.490 e. The van der Waals surface area contributed by atoms with Crippen LogP contribution in [0.3, 0.4) is 0 Å². The molecule has 3 unspecified atom stereocenters. The summed E-state index contributed by atoms with van der Waals surface area (Å²) in [6.45, 7) is 14.9. The number of nitrogens with zero attached hydrogens (tertiary/aromatic N) is 4. The summed E-state index contributed by atoms with van der Waals surface area (Å²) in [5.74, 6) is 2.26. The molecule has 11 heteroatoms. The van der Waals surface area contributed by atoms with Gasteiger partial charge in [-0.2, -0.15) is 0 Å². The number of quaternary nitrogens is 2. The van der Waals surface area contributed by atoms with Crippen LogP contribution in [0.1, 0.15) is 210 Å². The topological polar surface area (TPSA) is 111 Å². The Labute approximate surface area is 569 Å². The van der Waals surface area contributed by atoms with Gasteiger partial charge in [0.2, 0.25) is 0 Å². The number of likely N-dealkylation sites (N-methyl/N-ethyl adjacent to an activating group) is 2. The first-order chi connectivity index (χ1) is 46.0. The van der Waals surface area contributed by atoms with Crippen LogP contribution in [0, 0.1) is 0 Å². The largest absolute Gasteiger partial charge is 0.490 e. The maximum atomic E-state index is 14.2. The second kappa shape index (κ2) is 34.8. The number of carbonyl (C=O) groups is 1. The van der Waals surface area contributed by atoms with Crippen molar-refractivity contribution >= 4 is 52.3 Å². The highest BCUT2D eigenvalue weighted by molar-refractivity contribution is 6.00. The number of aromatic nitrogens is 4. The van der Waals surface area contributed by atoms with Crippen molar-refractivity contribution in [1.29, 1.82) is 0 Å². The van der Waals surface area contributed by atoms with Gasteiger partial charge in [0, 0.05) is 44.3 Å². The minimum absolute atomic E-state index is 0.151. The van der Waals surface area contributed by atoms with Crippen LogP contribution in [0.15, 0.2) is 121 Å². The zero-order valence-corrected chi connectivity index (χ0v) is 59.8. The SMILES string of the molecule is CCCCCCCC(CC)Oc1ccc(-c2c3nc(c(-c4ccc(OC(CC)CCCCCCC)cc4)c4ccc([nH]4)c(-c4ccc(C(=O)OC(C[N+](C)(C)C)C[N+](C)(C)C)cc4)c4nc(c(-c5ccc(OC(CC)CCCCCCC)cc5)c5ccc2[nH]5)C=C4)C=C3)cc1. The Hall–Kier alpha value is -7.73. The molecule has 0 fully saturated rings. The number of aromatic amines is 2. The predicted octanol–water partition coefficient (Wildman–Crippen LogP) is 21.8. The summed E-state index contributed by atoms with van der Waals surface area (Å²) >= 11 is 0. The first kappa shape index (κ1) is 71.6. The number of hydrogen-bond donors (Lipinski definition) is 2. The first-order valence-electron chi connectivity index (χ1n) is 36.4. The highest BCUT2D eigenvalue weighted by Gasteiger charge is 2.29. The zero-order chi connectivity index (χ0) is 67.3. The summed E-state index contributed by atoms with van der Waals surface area (Å²) in [6.07, 6.45) is 33.4. The molecular weight excluding hydrogens is 1170 g/mol. The number of unbranched alkanes of at least 4 members (excludes halogenated alkanes) is 12. The number of ether oxygens (including phenoxy) is 4. The molecule has 8 bridgehead atoms. The van der Waals surface area contributed by atoms with E-state index in [1.807, 2.05) is 24.3 Å². The van der Waals surface area contributed by atoms with Crippen LogP contribution < -0.4 is 14.2 Å². The van der Waals surface area contributed by atoms with Crippen LogP contribution in [0.5, 0.6) is 17.2 Å². The van der Waals surface area contributed by atoms with Crippen LogP contribution >= 0.6 is 0 Å². The van der Waals surface area contributed by atoms with Gasteiger partial charge >= 0.3 is 5.97 Å². The van der Waals surface area contributed by atoms with E-state index in [0.29, 0.717) is 27.6 Å². The Morgan fingerprint density at radius 3 is 0.895 bits per heavy atom. The lowest BCUT2D eigenvalue weighted by Gasteiger charge is -2.33. The predicted molar refractivity (Wildman–Crippen MR) is 400 cm³/mol. The molecular formula is C84H112N6O5+2. The Morgan fingerprint density at radius 2 is 0.632 bits per heavy atom. The second-order valence-electron chi connectivity index (χ2n) is 28.7. The standard InChI is InChI=1S/C84H111N6O5/c1-13-19-22-25-28-31-65(16-4)92-68-44-38-61(39-45-68)81-74-52-50-72(85-74)80(60-34-36-64(37-35-60)84(91)95-71(58-89(7,8)9)59-90(10,11)12)73-51-53-75(86-73)82(62-40-46-69(47-41-62)93-66(17-5)32-29-26-23-20-14-2)77-55-57-79(88-77)83(78-56-54-76(81)87-78)63-42-48-70(49-43-63)94-67(18-6)33-30-27-24-21-15-3/h34-57,65-67,71H,13-33,58-59H2,1-12H3,(H-,85,86,87,88,91)/q+1/p+1. The van der Waals surface area contributed by atoms with E-state index in [1.54, 1.807) is 0 Å². The third kappa shape index (κ3) is 20.4. The van der Waals surface area contributed by atoms with E-state index in [0.717, 1.165) is 145 Å². The molecule has 0 amide bonds. The molecule has 0 saturated carbocycles. The van der Waals surface area contributed by atoms with Gasteiger partial charge in [0.25, 0.3) is 0 Å². The molecule has 0 saturated heterocycles. The van der Waals surface area contributed by atoms with Crippen molar-refractivity contribution in [2.75, 3.05) is 55.4 Å². The van der Waals surface area contributed by atoms with E-state index in [2.05, 4.69) is 215 Å². The molecule has 3 aromatic heterocycles. The summed E-state index contributed by atoms with van der Waals surface area (Å²) in [4.78, 5) is 33.4. The van der Waals surface area contributed by atoms with Gasteiger partial charge in [0.05, 0.1) is 88.9 Å². The maximum absolute atomic E-state index is 14.2. The molecule has 506 valence electrons.